The van der Waals surface area contributed by atoms with Gasteiger partial charge in [0.25, 0.3) is 0 Å². The quantitative estimate of drug-likeness (QED) is 0.417. The van der Waals surface area contributed by atoms with Gasteiger partial charge in [-0.2, -0.15) is 0 Å². The summed E-state index contributed by atoms with van der Waals surface area (Å²) in [5.41, 5.74) is 4.08. The molecule has 1 fully saturated rings. The molecule has 0 aliphatic heterocycles. The number of hydrogen-bond acceptors (Lipinski definition) is 3. The van der Waals surface area contributed by atoms with Crippen molar-refractivity contribution in [1.29, 1.82) is 0 Å². The van der Waals surface area contributed by atoms with Crippen LogP contribution in [0.1, 0.15) is 62.5 Å². The van der Waals surface area contributed by atoms with Crippen molar-refractivity contribution in [2.75, 3.05) is 20.6 Å². The van der Waals surface area contributed by atoms with E-state index >= 15 is 0 Å². The summed E-state index contributed by atoms with van der Waals surface area (Å²) in [5.74, 6) is 1.53. The molecule has 2 N–H and O–H groups in total. The molecule has 3 rings (SSSR count). The smallest absolute Gasteiger partial charge is 0.0580 e. The topological polar surface area (TPSA) is 43.7 Å². The summed E-state index contributed by atoms with van der Waals surface area (Å²) in [6.45, 7) is 3.28. The van der Waals surface area contributed by atoms with Crippen LogP contribution >= 0.6 is 0 Å². The van der Waals surface area contributed by atoms with Crippen molar-refractivity contribution < 1.29 is 10.2 Å². The van der Waals surface area contributed by atoms with Gasteiger partial charge >= 0.3 is 0 Å². The van der Waals surface area contributed by atoms with Crippen LogP contribution in [0.15, 0.2) is 35.9 Å². The zero-order valence-corrected chi connectivity index (χ0v) is 18.7. The fraction of sp³-hybridized carbons (Fsp3) is 0.692. The monoisotopic (exact) mass is 399 g/mol. The van der Waals surface area contributed by atoms with Crippen molar-refractivity contribution in [2.45, 2.75) is 76.9 Å². The van der Waals surface area contributed by atoms with Crippen LogP contribution in [-0.4, -0.2) is 48.0 Å². The Balaban J connectivity index is 1.41. The predicted octanol–water partition coefficient (Wildman–Crippen LogP) is 4.74. The molecule has 1 aromatic rings. The van der Waals surface area contributed by atoms with Crippen LogP contribution in [0.25, 0.3) is 0 Å². The third kappa shape index (κ3) is 6.67. The molecule has 3 nitrogen and oxygen atoms in total. The van der Waals surface area contributed by atoms with E-state index in [9.17, 15) is 10.2 Å². The zero-order chi connectivity index (χ0) is 20.8. The Morgan fingerprint density at radius 3 is 2.76 bits per heavy atom. The molecular formula is C26H41NO2. The molecule has 0 saturated heterocycles. The van der Waals surface area contributed by atoms with E-state index < -0.39 is 0 Å². The van der Waals surface area contributed by atoms with Gasteiger partial charge in [-0.3, -0.25) is 0 Å². The molecular weight excluding hydrogens is 358 g/mol. The number of rotatable bonds is 11. The van der Waals surface area contributed by atoms with Gasteiger partial charge in [0.1, 0.15) is 0 Å². The summed E-state index contributed by atoms with van der Waals surface area (Å²) in [5, 5.41) is 21.1. The number of aliphatic hydroxyl groups is 2. The Morgan fingerprint density at radius 2 is 2.00 bits per heavy atom. The summed E-state index contributed by atoms with van der Waals surface area (Å²) in [6.07, 6.45) is 11.7. The second-order valence-corrected chi connectivity index (χ2v) is 9.86. The highest BCUT2D eigenvalue weighted by molar-refractivity contribution is 5.23. The van der Waals surface area contributed by atoms with Gasteiger partial charge in [0.15, 0.2) is 0 Å². The van der Waals surface area contributed by atoms with Gasteiger partial charge in [0.2, 0.25) is 0 Å². The molecule has 0 aromatic heterocycles. The van der Waals surface area contributed by atoms with Gasteiger partial charge in [0.05, 0.1) is 12.2 Å². The van der Waals surface area contributed by atoms with Crippen LogP contribution in [0.3, 0.4) is 0 Å². The highest BCUT2D eigenvalue weighted by atomic mass is 16.3. The molecule has 2 aliphatic carbocycles. The van der Waals surface area contributed by atoms with Crippen LogP contribution < -0.4 is 0 Å². The van der Waals surface area contributed by atoms with Gasteiger partial charge in [-0.15, -0.1) is 0 Å². The van der Waals surface area contributed by atoms with Gasteiger partial charge in [-0.1, -0.05) is 47.9 Å². The summed E-state index contributed by atoms with van der Waals surface area (Å²) < 4.78 is 0. The summed E-state index contributed by atoms with van der Waals surface area (Å²) in [7, 11) is 4.29. The van der Waals surface area contributed by atoms with E-state index in [4.69, 9.17) is 0 Å². The van der Waals surface area contributed by atoms with E-state index in [1.54, 1.807) is 5.57 Å². The lowest BCUT2D eigenvalue weighted by Crippen LogP contribution is -2.22. The highest BCUT2D eigenvalue weighted by Crippen LogP contribution is 2.49. The van der Waals surface area contributed by atoms with Crippen molar-refractivity contribution in [3.8, 4) is 0 Å². The number of aryl methyl sites for hydroxylation is 1. The number of aliphatic hydroxyl groups excluding tert-OH is 2. The molecule has 0 amide bonds. The summed E-state index contributed by atoms with van der Waals surface area (Å²) in [6, 6.07) is 8.42. The van der Waals surface area contributed by atoms with Crippen molar-refractivity contribution in [3.05, 3.63) is 47.0 Å². The van der Waals surface area contributed by atoms with Crippen molar-refractivity contribution in [1.82, 2.24) is 4.90 Å². The zero-order valence-electron chi connectivity index (χ0n) is 18.7. The molecule has 3 heteroatoms. The van der Waals surface area contributed by atoms with Crippen molar-refractivity contribution in [3.63, 3.8) is 0 Å². The lowest BCUT2D eigenvalue weighted by molar-refractivity contribution is 0.0909. The largest absolute Gasteiger partial charge is 0.393 e. The van der Waals surface area contributed by atoms with Crippen LogP contribution in [0.5, 0.6) is 0 Å². The first kappa shape index (κ1) is 22.5. The fourth-order valence-corrected chi connectivity index (χ4v) is 5.55. The molecule has 0 spiro atoms. The molecule has 0 unspecified atom stereocenters. The molecule has 0 radical (unpaired) electrons. The lowest BCUT2D eigenvalue weighted by atomic mass is 9.85. The Labute approximate surface area is 177 Å². The van der Waals surface area contributed by atoms with Crippen molar-refractivity contribution >= 4 is 0 Å². The number of hydrogen-bond donors (Lipinski definition) is 2. The number of nitrogens with zero attached hydrogens (tertiary/aromatic N) is 1. The van der Waals surface area contributed by atoms with Crippen LogP contribution in [0, 0.1) is 24.7 Å². The number of fused-ring (bicyclic) bond motifs is 1. The normalized spacial score (nSPS) is 27.3. The first-order chi connectivity index (χ1) is 13.9. The average molecular weight is 400 g/mol. The lowest BCUT2D eigenvalue weighted by Gasteiger charge is -2.23. The number of allylic oxidation sites excluding steroid dienone is 2. The summed E-state index contributed by atoms with van der Waals surface area (Å²) in [4.78, 5) is 2.26. The molecule has 2 aliphatic rings. The molecule has 0 bridgehead atoms. The van der Waals surface area contributed by atoms with Gasteiger partial charge in [-0.25, -0.2) is 0 Å². The molecule has 162 valence electrons. The third-order valence-corrected chi connectivity index (χ3v) is 7.05. The van der Waals surface area contributed by atoms with Gasteiger partial charge in [-0.05, 0) is 102 Å². The molecule has 1 aromatic carbocycles. The first-order valence-corrected chi connectivity index (χ1v) is 11.7. The Morgan fingerprint density at radius 1 is 1.17 bits per heavy atom. The average Bonchev–Trinajstić information content (AvgIpc) is 3.16. The molecule has 1 saturated carbocycles. The van der Waals surface area contributed by atoms with Crippen LogP contribution in [-0.2, 0) is 6.42 Å². The van der Waals surface area contributed by atoms with E-state index in [1.807, 2.05) is 0 Å². The second-order valence-electron chi connectivity index (χ2n) is 9.86. The Kier molecular flexibility index (Phi) is 8.35. The maximum atomic E-state index is 10.6. The van der Waals surface area contributed by atoms with E-state index in [-0.39, 0.29) is 12.2 Å². The standard InChI is InChI=1S/C26H41NO2/c1-19-8-7-10-20(14-19)16-23(28)11-12-24-25-17-21(15-22(25)18-26(24)29)9-5-4-6-13-27(2)3/h7-8,10,14-15,22-26,28-29H,4-6,9,11-13,16-18H2,1-3H3/t22-,23-,24+,25-,26+/m0/s1. The minimum Gasteiger partial charge on any atom is -0.393 e. The second kappa shape index (κ2) is 10.7. The minimum atomic E-state index is -0.312. The van der Waals surface area contributed by atoms with Crippen LogP contribution in [0.4, 0.5) is 0 Å². The third-order valence-electron chi connectivity index (χ3n) is 7.05. The van der Waals surface area contributed by atoms with Crippen molar-refractivity contribution in [2.24, 2.45) is 17.8 Å². The molecule has 0 heterocycles. The SMILES string of the molecule is Cc1cccc(C[C@@H](O)CC[C@@H]2[C@H]3CC(CCCCCN(C)C)=C[C@H]3C[C@H]2O)c1. The first-order valence-electron chi connectivity index (χ1n) is 11.7. The Bertz CT molecular complexity index is 668. The maximum absolute atomic E-state index is 10.6. The number of unbranched alkanes of at least 4 members (excludes halogenated alkanes) is 2. The number of benzene rings is 1. The minimum absolute atomic E-state index is 0.186. The molecule has 5 atom stereocenters. The van der Waals surface area contributed by atoms with Gasteiger partial charge in [0, 0.05) is 0 Å². The summed E-state index contributed by atoms with van der Waals surface area (Å²) >= 11 is 0. The van der Waals surface area contributed by atoms with Crippen LogP contribution in [0.2, 0.25) is 0 Å². The molecule has 29 heavy (non-hydrogen) atoms. The van der Waals surface area contributed by atoms with Gasteiger partial charge < -0.3 is 15.1 Å². The maximum Gasteiger partial charge on any atom is 0.0580 e. The predicted molar refractivity (Wildman–Crippen MR) is 121 cm³/mol. The van der Waals surface area contributed by atoms with E-state index in [1.165, 1.54) is 49.8 Å². The van der Waals surface area contributed by atoms with E-state index in [0.717, 1.165) is 25.7 Å². The fourth-order valence-electron chi connectivity index (χ4n) is 5.55. The van der Waals surface area contributed by atoms with E-state index in [0.29, 0.717) is 17.8 Å². The highest BCUT2D eigenvalue weighted by Gasteiger charge is 2.44. The van der Waals surface area contributed by atoms with E-state index in [2.05, 4.69) is 56.3 Å². The Hall–Kier alpha value is -1.16.